The van der Waals surface area contributed by atoms with E-state index in [1.165, 1.54) is 16.3 Å². The Kier molecular flexibility index (Phi) is 4.22. The first-order valence-electron chi connectivity index (χ1n) is 6.94. The van der Waals surface area contributed by atoms with E-state index in [1.54, 1.807) is 0 Å². The minimum Gasteiger partial charge on any atom is -0.267 e. The topological polar surface area (TPSA) is 63.1 Å². The number of nitrogens with zero attached hydrogens (tertiary/aromatic N) is 3. The number of H-pyrrole nitrogens is 1. The molecule has 3 aromatic rings. The fourth-order valence-electron chi connectivity index (χ4n) is 2.27. The minimum atomic E-state index is -0.0814. The number of benzene rings is 1. The fourth-order valence-corrected chi connectivity index (χ4v) is 3.40. The van der Waals surface area contributed by atoms with Gasteiger partial charge in [-0.1, -0.05) is 48.5 Å². The van der Waals surface area contributed by atoms with Crippen LogP contribution in [0.2, 0.25) is 5.02 Å². The van der Waals surface area contributed by atoms with E-state index in [4.69, 9.17) is 11.6 Å². The van der Waals surface area contributed by atoms with Gasteiger partial charge in [-0.3, -0.25) is 9.89 Å². The predicted octanol–water partition coefficient (Wildman–Crippen LogP) is 3.23. The third-order valence-electron chi connectivity index (χ3n) is 3.45. The third kappa shape index (κ3) is 2.76. The van der Waals surface area contributed by atoms with Crippen molar-refractivity contribution in [2.24, 2.45) is 0 Å². The van der Waals surface area contributed by atoms with E-state index in [1.807, 2.05) is 38.1 Å². The summed E-state index contributed by atoms with van der Waals surface area (Å²) < 4.78 is 1.40. The highest BCUT2D eigenvalue weighted by Crippen LogP contribution is 2.24. The van der Waals surface area contributed by atoms with Crippen LogP contribution >= 0.6 is 23.4 Å². The van der Waals surface area contributed by atoms with Crippen molar-refractivity contribution < 1.29 is 0 Å². The molecular weight excluding hydrogens is 320 g/mol. The maximum absolute atomic E-state index is 12.3. The lowest BCUT2D eigenvalue weighted by atomic mass is 10.2. The molecule has 1 aromatic carbocycles. The molecule has 0 aliphatic rings. The van der Waals surface area contributed by atoms with Crippen LogP contribution in [0.4, 0.5) is 0 Å². The molecule has 3 rings (SSSR count). The number of rotatable bonds is 4. The lowest BCUT2D eigenvalue weighted by Gasteiger charge is -2.01. The van der Waals surface area contributed by atoms with E-state index < -0.39 is 0 Å². The van der Waals surface area contributed by atoms with Gasteiger partial charge in [0.15, 0.2) is 5.16 Å². The molecule has 0 bridgehead atoms. The number of nitrogens with one attached hydrogen (secondary N) is 1. The Morgan fingerprint density at radius 3 is 2.82 bits per heavy atom. The smallest absolute Gasteiger partial charge is 0.267 e. The number of hydrogen-bond donors (Lipinski definition) is 1. The van der Waals surface area contributed by atoms with Gasteiger partial charge in [0.05, 0.1) is 5.69 Å². The molecular formula is C15H15ClN4OS. The first-order valence-corrected chi connectivity index (χ1v) is 8.31. The molecule has 0 atom stereocenters. The van der Waals surface area contributed by atoms with Crippen molar-refractivity contribution >= 4 is 29.1 Å². The van der Waals surface area contributed by atoms with Crippen LogP contribution < -0.4 is 5.56 Å². The summed E-state index contributed by atoms with van der Waals surface area (Å²) in [6.07, 6.45) is 0.654. The monoisotopic (exact) mass is 334 g/mol. The number of hydrogen-bond acceptors (Lipinski definition) is 4. The van der Waals surface area contributed by atoms with E-state index in [0.29, 0.717) is 28.7 Å². The number of thioether (sulfide) groups is 1. The summed E-state index contributed by atoms with van der Waals surface area (Å²) in [4.78, 5) is 21.1. The third-order valence-corrected chi connectivity index (χ3v) is 4.73. The molecule has 1 N–H and O–H groups in total. The average molecular weight is 335 g/mol. The molecule has 114 valence electrons. The van der Waals surface area contributed by atoms with Gasteiger partial charge in [-0.05, 0) is 25.0 Å². The van der Waals surface area contributed by atoms with Gasteiger partial charge in [-0.2, -0.15) is 9.50 Å². The largest absolute Gasteiger partial charge is 0.277 e. The van der Waals surface area contributed by atoms with Crippen molar-refractivity contribution in [2.75, 3.05) is 0 Å². The van der Waals surface area contributed by atoms with Crippen molar-refractivity contribution in [1.82, 2.24) is 19.6 Å². The van der Waals surface area contributed by atoms with E-state index in [0.717, 1.165) is 16.3 Å². The molecule has 0 aliphatic carbocycles. The Morgan fingerprint density at radius 2 is 2.09 bits per heavy atom. The Morgan fingerprint density at radius 1 is 1.32 bits per heavy atom. The van der Waals surface area contributed by atoms with Crippen LogP contribution in [0.3, 0.4) is 0 Å². The van der Waals surface area contributed by atoms with Gasteiger partial charge in [-0.25, -0.2) is 4.98 Å². The van der Waals surface area contributed by atoms with Crippen molar-refractivity contribution in [1.29, 1.82) is 0 Å². The zero-order valence-corrected chi connectivity index (χ0v) is 13.8. The number of aryl methyl sites for hydroxylation is 1. The number of aromatic amines is 1. The van der Waals surface area contributed by atoms with E-state index in [2.05, 4.69) is 15.1 Å². The Balaban J connectivity index is 1.91. The molecule has 22 heavy (non-hydrogen) atoms. The Hall–Kier alpha value is -1.79. The highest BCUT2D eigenvalue weighted by atomic mass is 35.5. The first-order chi connectivity index (χ1) is 10.6. The van der Waals surface area contributed by atoms with Gasteiger partial charge in [-0.15, -0.1) is 0 Å². The first kappa shape index (κ1) is 15.1. The molecule has 0 saturated heterocycles. The molecule has 2 aromatic heterocycles. The molecule has 0 aliphatic heterocycles. The van der Waals surface area contributed by atoms with Gasteiger partial charge in [0.2, 0.25) is 0 Å². The van der Waals surface area contributed by atoms with Crippen LogP contribution in [-0.4, -0.2) is 19.6 Å². The second-order valence-electron chi connectivity index (χ2n) is 4.88. The van der Waals surface area contributed by atoms with Gasteiger partial charge < -0.3 is 0 Å². The molecule has 0 radical (unpaired) electrons. The summed E-state index contributed by atoms with van der Waals surface area (Å²) in [7, 11) is 0. The van der Waals surface area contributed by atoms with E-state index >= 15 is 0 Å². The molecule has 5 nitrogen and oxygen atoms in total. The van der Waals surface area contributed by atoms with Crippen molar-refractivity contribution in [3.8, 4) is 0 Å². The molecule has 0 fully saturated rings. The molecule has 0 saturated carbocycles. The molecule has 2 heterocycles. The van der Waals surface area contributed by atoms with Gasteiger partial charge >= 0.3 is 0 Å². The van der Waals surface area contributed by atoms with Crippen LogP contribution in [0, 0.1) is 6.92 Å². The average Bonchev–Trinajstić information content (AvgIpc) is 2.90. The zero-order valence-electron chi connectivity index (χ0n) is 12.3. The van der Waals surface area contributed by atoms with Crippen LogP contribution in [0.5, 0.6) is 0 Å². The number of fused-ring (bicyclic) bond motifs is 1. The quantitative estimate of drug-likeness (QED) is 0.744. The predicted molar refractivity (Wildman–Crippen MR) is 88.7 cm³/mol. The molecule has 0 amide bonds. The summed E-state index contributed by atoms with van der Waals surface area (Å²) in [5, 5.41) is 4.38. The fraction of sp³-hybridized carbons (Fsp3) is 0.267. The summed E-state index contributed by atoms with van der Waals surface area (Å²) >= 11 is 7.63. The summed E-state index contributed by atoms with van der Waals surface area (Å²) in [6, 6.07) is 7.68. The highest BCUT2D eigenvalue weighted by Gasteiger charge is 2.12. The second kappa shape index (κ2) is 6.14. The van der Waals surface area contributed by atoms with E-state index in [9.17, 15) is 4.79 Å². The normalized spacial score (nSPS) is 11.2. The molecule has 0 spiro atoms. The van der Waals surface area contributed by atoms with Crippen molar-refractivity contribution in [3.05, 3.63) is 56.5 Å². The van der Waals surface area contributed by atoms with Crippen LogP contribution in [0.25, 0.3) is 5.78 Å². The standard InChI is InChI=1S/C15H15ClN4OS/c1-3-11-9(2)17-14-18-15(19-20(14)13(11)21)22-8-10-6-4-5-7-12(10)16/h4-7H,3,8H2,1-2H3,(H,17,18,19). The molecule has 7 heteroatoms. The Labute approximate surface area is 136 Å². The highest BCUT2D eigenvalue weighted by molar-refractivity contribution is 7.98. The summed E-state index contributed by atoms with van der Waals surface area (Å²) in [6.45, 7) is 3.78. The molecule has 0 unspecified atom stereocenters. The summed E-state index contributed by atoms with van der Waals surface area (Å²) in [5.41, 5.74) is 2.40. The minimum absolute atomic E-state index is 0.0814. The zero-order chi connectivity index (χ0) is 15.7. The van der Waals surface area contributed by atoms with Gasteiger partial charge in [0.25, 0.3) is 11.3 Å². The van der Waals surface area contributed by atoms with Crippen molar-refractivity contribution in [2.45, 2.75) is 31.2 Å². The van der Waals surface area contributed by atoms with Crippen LogP contribution in [0.1, 0.15) is 23.7 Å². The van der Waals surface area contributed by atoms with Gasteiger partial charge in [0.1, 0.15) is 0 Å². The maximum Gasteiger partial charge on any atom is 0.277 e. The van der Waals surface area contributed by atoms with E-state index in [-0.39, 0.29) is 5.56 Å². The SMILES string of the molecule is CCc1c(C)nc2nc(SCc3ccccc3Cl)[nH]n2c1=O. The maximum atomic E-state index is 12.3. The second-order valence-corrected chi connectivity index (χ2v) is 6.25. The van der Waals surface area contributed by atoms with Crippen LogP contribution in [-0.2, 0) is 12.2 Å². The Bertz CT molecular complexity index is 887. The number of aromatic nitrogens is 4. The number of halogens is 1. The lowest BCUT2D eigenvalue weighted by molar-refractivity contribution is 0.821. The summed E-state index contributed by atoms with van der Waals surface area (Å²) in [5.74, 6) is 1.08. The van der Waals surface area contributed by atoms with Crippen LogP contribution in [0.15, 0.2) is 34.2 Å². The van der Waals surface area contributed by atoms with Crippen molar-refractivity contribution in [3.63, 3.8) is 0 Å². The van der Waals surface area contributed by atoms with Gasteiger partial charge in [0, 0.05) is 16.3 Å². The lowest BCUT2D eigenvalue weighted by Crippen LogP contribution is -2.21.